The Morgan fingerprint density at radius 3 is 2.73 bits per heavy atom. The van der Waals surface area contributed by atoms with Gasteiger partial charge in [-0.25, -0.2) is 0 Å². The summed E-state index contributed by atoms with van der Waals surface area (Å²) >= 11 is 0. The smallest absolute Gasteiger partial charge is 0.251 e. The zero-order valence-electron chi connectivity index (χ0n) is 14.5. The predicted molar refractivity (Wildman–Crippen MR) is 96.7 cm³/mol. The van der Waals surface area contributed by atoms with E-state index < -0.39 is 0 Å². The molecule has 0 unspecified atom stereocenters. The van der Waals surface area contributed by atoms with Crippen molar-refractivity contribution in [3.05, 3.63) is 53.1 Å². The molecule has 26 heavy (non-hydrogen) atoms. The summed E-state index contributed by atoms with van der Waals surface area (Å²) in [6, 6.07) is 10.9. The number of hydrogen-bond acceptors (Lipinski definition) is 4. The molecule has 6 nitrogen and oxygen atoms in total. The van der Waals surface area contributed by atoms with Crippen LogP contribution >= 0.6 is 0 Å². The van der Waals surface area contributed by atoms with E-state index in [0.29, 0.717) is 37.4 Å². The second-order valence-electron chi connectivity index (χ2n) is 6.52. The van der Waals surface area contributed by atoms with E-state index in [-0.39, 0.29) is 17.9 Å². The van der Waals surface area contributed by atoms with E-state index >= 15 is 0 Å². The van der Waals surface area contributed by atoms with E-state index in [9.17, 15) is 9.59 Å². The fourth-order valence-electron chi connectivity index (χ4n) is 3.22. The van der Waals surface area contributed by atoms with Crippen molar-refractivity contribution in [2.45, 2.75) is 25.8 Å². The van der Waals surface area contributed by atoms with E-state index in [1.165, 1.54) is 0 Å². The number of carbonyl (C=O) groups excluding carboxylic acids is 2. The number of nitrogens with one attached hydrogen (secondary N) is 2. The Morgan fingerprint density at radius 2 is 1.88 bits per heavy atom. The maximum Gasteiger partial charge on any atom is 0.251 e. The maximum atomic E-state index is 12.6. The monoisotopic (exact) mass is 352 g/mol. The summed E-state index contributed by atoms with van der Waals surface area (Å²) in [5.41, 5.74) is 3.32. The lowest BCUT2D eigenvalue weighted by atomic mass is 9.99. The molecule has 2 heterocycles. The van der Waals surface area contributed by atoms with Gasteiger partial charge < -0.3 is 20.1 Å². The first kappa shape index (κ1) is 16.4. The quantitative estimate of drug-likeness (QED) is 0.891. The van der Waals surface area contributed by atoms with Crippen molar-refractivity contribution in [1.29, 1.82) is 0 Å². The van der Waals surface area contributed by atoms with Gasteiger partial charge in [-0.1, -0.05) is 6.07 Å². The van der Waals surface area contributed by atoms with Gasteiger partial charge in [0.25, 0.3) is 5.91 Å². The van der Waals surface area contributed by atoms with E-state index in [1.807, 2.05) is 31.2 Å². The van der Waals surface area contributed by atoms with Crippen LogP contribution in [0.2, 0.25) is 0 Å². The van der Waals surface area contributed by atoms with Crippen LogP contribution in [0.1, 0.15) is 40.9 Å². The Hall–Kier alpha value is -3.02. The van der Waals surface area contributed by atoms with Gasteiger partial charge in [-0.05, 0) is 54.8 Å². The highest BCUT2D eigenvalue weighted by molar-refractivity contribution is 5.98. The van der Waals surface area contributed by atoms with Crippen molar-refractivity contribution >= 4 is 17.5 Å². The first-order valence-electron chi connectivity index (χ1n) is 8.73. The lowest BCUT2D eigenvalue weighted by Gasteiger charge is -2.21. The standard InChI is InChI=1S/C20H20N2O4/c1-12(13-3-6-17-18(11-13)26-9-8-25-17)21-20(24)15-2-5-16-14(10-15)4-7-19(23)22-16/h2-3,5-6,10-12H,4,7-9H2,1H3,(H,21,24)(H,22,23)/t12-/m1/s1. The van der Waals surface area contributed by atoms with E-state index in [2.05, 4.69) is 10.6 Å². The molecule has 0 fully saturated rings. The average molecular weight is 352 g/mol. The van der Waals surface area contributed by atoms with Gasteiger partial charge in [0.1, 0.15) is 13.2 Å². The minimum absolute atomic E-state index is 0.0157. The van der Waals surface area contributed by atoms with Gasteiger partial charge in [0.15, 0.2) is 11.5 Å². The number of carbonyl (C=O) groups is 2. The van der Waals surface area contributed by atoms with Crippen LogP contribution in [0.4, 0.5) is 5.69 Å². The average Bonchev–Trinajstić information content (AvgIpc) is 2.67. The van der Waals surface area contributed by atoms with Crippen molar-refractivity contribution in [2.24, 2.45) is 0 Å². The van der Waals surface area contributed by atoms with Crippen molar-refractivity contribution in [3.63, 3.8) is 0 Å². The van der Waals surface area contributed by atoms with Crippen LogP contribution in [0.25, 0.3) is 0 Å². The summed E-state index contributed by atoms with van der Waals surface area (Å²) in [6.07, 6.45) is 1.10. The molecule has 0 radical (unpaired) electrons. The summed E-state index contributed by atoms with van der Waals surface area (Å²) < 4.78 is 11.1. The van der Waals surface area contributed by atoms with Crippen LogP contribution in [0.5, 0.6) is 11.5 Å². The molecule has 0 saturated carbocycles. The lowest BCUT2D eigenvalue weighted by Crippen LogP contribution is -2.27. The highest BCUT2D eigenvalue weighted by atomic mass is 16.6. The molecule has 0 bridgehead atoms. The fraction of sp³-hybridized carbons (Fsp3) is 0.300. The van der Waals surface area contributed by atoms with E-state index in [0.717, 1.165) is 22.6 Å². The number of fused-ring (bicyclic) bond motifs is 2. The minimum Gasteiger partial charge on any atom is -0.486 e. The van der Waals surface area contributed by atoms with Crippen molar-refractivity contribution in [2.75, 3.05) is 18.5 Å². The molecule has 0 aliphatic carbocycles. The summed E-state index contributed by atoms with van der Waals surface area (Å²) in [4.78, 5) is 24.1. The Labute approximate surface area is 151 Å². The van der Waals surface area contributed by atoms with Gasteiger partial charge in [0, 0.05) is 17.7 Å². The van der Waals surface area contributed by atoms with Crippen molar-refractivity contribution in [1.82, 2.24) is 5.32 Å². The molecule has 0 spiro atoms. The molecule has 0 saturated heterocycles. The highest BCUT2D eigenvalue weighted by Gasteiger charge is 2.19. The molecule has 2 aromatic rings. The second-order valence-corrected chi connectivity index (χ2v) is 6.52. The maximum absolute atomic E-state index is 12.6. The Balaban J connectivity index is 1.48. The summed E-state index contributed by atoms with van der Waals surface area (Å²) in [5, 5.41) is 5.84. The molecule has 4 rings (SSSR count). The molecule has 2 aliphatic heterocycles. The second kappa shape index (κ2) is 6.71. The van der Waals surface area contributed by atoms with Gasteiger partial charge in [0.2, 0.25) is 5.91 Å². The zero-order chi connectivity index (χ0) is 18.1. The molecule has 6 heteroatoms. The number of hydrogen-bond donors (Lipinski definition) is 2. The normalized spacial score (nSPS) is 16.3. The Kier molecular flexibility index (Phi) is 4.24. The van der Waals surface area contributed by atoms with E-state index in [1.54, 1.807) is 12.1 Å². The number of ether oxygens (including phenoxy) is 2. The van der Waals surface area contributed by atoms with Gasteiger partial charge in [-0.15, -0.1) is 0 Å². The zero-order valence-corrected chi connectivity index (χ0v) is 14.5. The van der Waals surface area contributed by atoms with Crippen LogP contribution in [-0.4, -0.2) is 25.0 Å². The minimum atomic E-state index is -0.172. The predicted octanol–water partition coefficient (Wildman–Crippen LogP) is 2.83. The molecule has 2 amide bonds. The molecular formula is C20H20N2O4. The molecule has 2 aromatic carbocycles. The Morgan fingerprint density at radius 1 is 1.08 bits per heavy atom. The summed E-state index contributed by atoms with van der Waals surface area (Å²) in [7, 11) is 0. The molecule has 1 atom stereocenters. The van der Waals surface area contributed by atoms with Crippen molar-refractivity contribution < 1.29 is 19.1 Å². The van der Waals surface area contributed by atoms with Crippen LogP contribution in [0, 0.1) is 0 Å². The van der Waals surface area contributed by atoms with Crippen LogP contribution in [-0.2, 0) is 11.2 Å². The molecule has 134 valence electrons. The van der Waals surface area contributed by atoms with Crippen LogP contribution in [0.15, 0.2) is 36.4 Å². The van der Waals surface area contributed by atoms with Gasteiger partial charge in [-0.2, -0.15) is 0 Å². The number of amides is 2. The van der Waals surface area contributed by atoms with Crippen LogP contribution in [0.3, 0.4) is 0 Å². The van der Waals surface area contributed by atoms with Gasteiger partial charge in [-0.3, -0.25) is 9.59 Å². The number of aryl methyl sites for hydroxylation is 1. The highest BCUT2D eigenvalue weighted by Crippen LogP contribution is 2.32. The van der Waals surface area contributed by atoms with E-state index in [4.69, 9.17) is 9.47 Å². The van der Waals surface area contributed by atoms with Gasteiger partial charge in [0.05, 0.1) is 6.04 Å². The molecule has 2 N–H and O–H groups in total. The third-order valence-corrected chi connectivity index (χ3v) is 4.68. The fourth-order valence-corrected chi connectivity index (χ4v) is 3.22. The number of anilines is 1. The summed E-state index contributed by atoms with van der Waals surface area (Å²) in [5.74, 6) is 1.31. The molecule has 0 aromatic heterocycles. The molecule has 2 aliphatic rings. The lowest BCUT2D eigenvalue weighted by molar-refractivity contribution is -0.116. The molecular weight excluding hydrogens is 332 g/mol. The third kappa shape index (κ3) is 3.22. The number of benzene rings is 2. The van der Waals surface area contributed by atoms with Crippen LogP contribution < -0.4 is 20.1 Å². The topological polar surface area (TPSA) is 76.7 Å². The Bertz CT molecular complexity index is 878. The SMILES string of the molecule is C[C@@H](NC(=O)c1ccc2c(c1)CCC(=O)N2)c1ccc2c(c1)OCCO2. The first-order valence-corrected chi connectivity index (χ1v) is 8.73. The third-order valence-electron chi connectivity index (χ3n) is 4.68. The first-order chi connectivity index (χ1) is 12.6. The summed E-state index contributed by atoms with van der Waals surface area (Å²) in [6.45, 7) is 3.02. The largest absolute Gasteiger partial charge is 0.486 e. The number of rotatable bonds is 3. The van der Waals surface area contributed by atoms with Gasteiger partial charge >= 0.3 is 0 Å². The van der Waals surface area contributed by atoms with Crippen molar-refractivity contribution in [3.8, 4) is 11.5 Å².